The quantitative estimate of drug-likeness (QED) is 0.0317. The number of amidine groups is 1. The normalized spacial score (nSPS) is 19.9. The van der Waals surface area contributed by atoms with Crippen LogP contribution in [0.25, 0.3) is 0 Å². The second-order valence-corrected chi connectivity index (χ2v) is 12.5. The number of rotatable bonds is 14. The number of nitrogens with one attached hydrogen (secondary N) is 2. The van der Waals surface area contributed by atoms with Crippen LogP contribution in [-0.4, -0.2) is 111 Å². The third kappa shape index (κ3) is 8.24. The number of thiazole rings is 1. The van der Waals surface area contributed by atoms with Crippen molar-refractivity contribution in [2.45, 2.75) is 43.6 Å². The molecule has 7 N–H and O–H groups in total. The largest absolute Gasteiger partial charge is 0.489 e. The number of carbonyl (C=O) groups is 3. The van der Waals surface area contributed by atoms with Crippen LogP contribution in [0.15, 0.2) is 52.4 Å². The molecule has 3 atom stereocenters. The van der Waals surface area contributed by atoms with Gasteiger partial charge >= 0.3 is 10.3 Å². The van der Waals surface area contributed by atoms with Gasteiger partial charge in [0.25, 0.3) is 11.8 Å². The molecule has 3 unspecified atom stereocenters. The molecule has 1 aromatic carbocycles. The molecular weight excluding hydrogens is 658 g/mol. The molecule has 2 amide bonds. The van der Waals surface area contributed by atoms with Gasteiger partial charge in [0.2, 0.25) is 6.10 Å². The molecule has 0 radical (unpaired) electrons. The van der Waals surface area contributed by atoms with Crippen LogP contribution in [0.2, 0.25) is 0 Å². The summed E-state index contributed by atoms with van der Waals surface area (Å²) in [6.45, 7) is 1.27. The van der Waals surface area contributed by atoms with Crippen molar-refractivity contribution >= 4 is 56.4 Å². The Morgan fingerprint density at radius 3 is 2.64 bits per heavy atom. The summed E-state index contributed by atoms with van der Waals surface area (Å²) < 4.78 is 40.3. The highest BCUT2D eigenvalue weighted by atomic mass is 32.2. The van der Waals surface area contributed by atoms with Crippen LogP contribution in [0.3, 0.4) is 0 Å². The van der Waals surface area contributed by atoms with Crippen LogP contribution in [0.4, 0.5) is 5.13 Å². The predicted molar refractivity (Wildman–Crippen MR) is 167 cm³/mol. The number of hydrogen-bond donors (Lipinski definition) is 5. The lowest BCUT2D eigenvalue weighted by atomic mass is 9.98. The molecule has 3 aromatic rings. The van der Waals surface area contributed by atoms with Crippen LogP contribution in [0, 0.1) is 0 Å². The van der Waals surface area contributed by atoms with E-state index in [-0.39, 0.29) is 34.3 Å². The molecule has 5 rings (SSSR count). The minimum Gasteiger partial charge on any atom is -0.489 e. The molecule has 2 saturated heterocycles. The molecule has 0 spiro atoms. The number of anilines is 1. The van der Waals surface area contributed by atoms with Gasteiger partial charge in [-0.3, -0.25) is 28.6 Å². The Morgan fingerprint density at radius 2 is 2.02 bits per heavy atom. The Hall–Kier alpha value is -4.99. The summed E-state index contributed by atoms with van der Waals surface area (Å²) in [5.41, 5.74) is 12.1. The lowest BCUT2D eigenvalue weighted by molar-refractivity contribution is -0.145. The van der Waals surface area contributed by atoms with E-state index in [4.69, 9.17) is 21.0 Å². The lowest BCUT2D eigenvalue weighted by Gasteiger charge is -2.43. The molecule has 0 bridgehead atoms. The number of β-lactam (4-membered cyclic amide) rings is 1. The van der Waals surface area contributed by atoms with Crippen LogP contribution in [-0.2, 0) is 36.1 Å². The summed E-state index contributed by atoms with van der Waals surface area (Å²) in [5, 5.41) is 14.8. The standard InChI is InChI=1S/C26H31N11O8S2/c27-23(32-16-5-7-29-8-6-16)15-1-3-17(4-2-15)44-11-18(10-38)45-35-21(19-12-46-26(28)33-19)24(39)34-22-20(9-36-14-30-13-31-36)37(25(22)40)47(41,42)43/h1-4,10,12-14,16,18,20,22,29H,5-9,11H2,(H2,27,32)(H2,28,33)(H,34,39)(H,41,42,43)/b35-21-. The van der Waals surface area contributed by atoms with Gasteiger partial charge in [-0.2, -0.15) is 13.5 Å². The number of piperidine rings is 1. The number of ether oxygens (including phenoxy) is 1. The Labute approximate surface area is 271 Å². The van der Waals surface area contributed by atoms with Gasteiger partial charge < -0.3 is 31.7 Å². The van der Waals surface area contributed by atoms with E-state index in [0.717, 1.165) is 42.8 Å². The first-order valence-corrected chi connectivity index (χ1v) is 16.4. The average molecular weight is 690 g/mol. The van der Waals surface area contributed by atoms with Gasteiger partial charge in [-0.25, -0.2) is 14.3 Å². The summed E-state index contributed by atoms with van der Waals surface area (Å²) in [5.74, 6) is -1.29. The molecular formula is C26H31N11O8S2. The molecule has 2 aromatic heterocycles. The second-order valence-electron chi connectivity index (χ2n) is 10.4. The number of aldehydes is 1. The van der Waals surface area contributed by atoms with Crippen molar-refractivity contribution in [3.05, 3.63) is 53.6 Å². The first-order chi connectivity index (χ1) is 22.5. The van der Waals surface area contributed by atoms with Gasteiger partial charge in [-0.1, -0.05) is 5.16 Å². The number of benzene rings is 1. The zero-order valence-electron chi connectivity index (χ0n) is 24.6. The van der Waals surface area contributed by atoms with E-state index in [0.29, 0.717) is 17.9 Å². The van der Waals surface area contributed by atoms with Crippen molar-refractivity contribution in [3.8, 4) is 5.75 Å². The van der Waals surface area contributed by atoms with Gasteiger partial charge in [0.15, 0.2) is 17.1 Å². The van der Waals surface area contributed by atoms with E-state index in [1.165, 1.54) is 22.7 Å². The van der Waals surface area contributed by atoms with Crippen LogP contribution >= 0.6 is 11.3 Å². The van der Waals surface area contributed by atoms with E-state index < -0.39 is 46.0 Å². The van der Waals surface area contributed by atoms with Crippen molar-refractivity contribution in [1.82, 2.24) is 34.7 Å². The second kappa shape index (κ2) is 14.6. The molecule has 19 nitrogen and oxygen atoms in total. The van der Waals surface area contributed by atoms with Gasteiger partial charge in [0, 0.05) is 10.9 Å². The SMILES string of the molecule is NC(=NC1CCNCC1)c1ccc(OCC(C=O)O/N=C(\C(=O)NC2C(=O)N(S(=O)(=O)O)C2Cn2cncn2)c2csc(N)n2)cc1. The van der Waals surface area contributed by atoms with E-state index in [9.17, 15) is 27.4 Å². The first kappa shape index (κ1) is 33.4. The highest BCUT2D eigenvalue weighted by molar-refractivity contribution is 7.84. The predicted octanol–water partition coefficient (Wildman–Crippen LogP) is -1.66. The minimum atomic E-state index is -4.95. The van der Waals surface area contributed by atoms with Crippen molar-refractivity contribution in [1.29, 1.82) is 0 Å². The maximum Gasteiger partial charge on any atom is 0.362 e. The third-order valence-electron chi connectivity index (χ3n) is 7.15. The number of hydrogen-bond acceptors (Lipinski definition) is 15. The number of nitrogen functional groups attached to an aromatic ring is 1. The topological polar surface area (TPSA) is 272 Å². The molecule has 21 heteroatoms. The highest BCUT2D eigenvalue weighted by Gasteiger charge is 2.54. The van der Waals surface area contributed by atoms with E-state index >= 15 is 0 Å². The summed E-state index contributed by atoms with van der Waals surface area (Å²) in [7, 11) is -4.95. The maximum atomic E-state index is 13.3. The lowest BCUT2D eigenvalue weighted by Crippen LogP contribution is -2.73. The summed E-state index contributed by atoms with van der Waals surface area (Å²) in [6.07, 6.45) is 3.41. The Balaban J connectivity index is 1.25. The molecule has 2 aliphatic rings. The molecule has 2 aliphatic heterocycles. The fourth-order valence-electron chi connectivity index (χ4n) is 4.79. The van der Waals surface area contributed by atoms with Gasteiger partial charge in [-0.05, 0) is 50.2 Å². The number of nitrogens with zero attached hydrogens (tertiary/aromatic N) is 7. The zero-order valence-corrected chi connectivity index (χ0v) is 26.2. The summed E-state index contributed by atoms with van der Waals surface area (Å²) in [6, 6.07) is 4.28. The van der Waals surface area contributed by atoms with E-state index in [2.05, 4.69) is 35.8 Å². The molecule has 0 saturated carbocycles. The number of carbonyl (C=O) groups excluding carboxylic acids is 3. The van der Waals surface area contributed by atoms with Crippen LogP contribution in [0.1, 0.15) is 24.1 Å². The van der Waals surface area contributed by atoms with Gasteiger partial charge in [0.05, 0.1) is 18.6 Å². The first-order valence-electron chi connectivity index (χ1n) is 14.1. The number of amides is 2. The number of aromatic nitrogens is 4. The molecule has 4 heterocycles. The minimum absolute atomic E-state index is 0.0406. The van der Waals surface area contributed by atoms with Gasteiger partial charge in [0.1, 0.15) is 42.6 Å². The van der Waals surface area contributed by atoms with Crippen molar-refractivity contribution < 1.29 is 36.9 Å². The fourth-order valence-corrected chi connectivity index (χ4v) is 6.21. The summed E-state index contributed by atoms with van der Waals surface area (Å²) >= 11 is 0.986. The van der Waals surface area contributed by atoms with Crippen molar-refractivity contribution in [2.75, 3.05) is 25.4 Å². The van der Waals surface area contributed by atoms with Crippen molar-refractivity contribution in [2.24, 2.45) is 15.9 Å². The van der Waals surface area contributed by atoms with E-state index in [1.807, 2.05) is 0 Å². The number of nitrogens with two attached hydrogens (primary N) is 2. The summed E-state index contributed by atoms with van der Waals surface area (Å²) in [4.78, 5) is 55.5. The van der Waals surface area contributed by atoms with Crippen LogP contribution < -0.4 is 26.8 Å². The Bertz CT molecular complexity index is 1740. The fraction of sp³-hybridized carbons (Fsp3) is 0.385. The molecule has 250 valence electrons. The highest BCUT2D eigenvalue weighted by Crippen LogP contribution is 2.25. The maximum absolute atomic E-state index is 13.3. The van der Waals surface area contributed by atoms with Gasteiger partial charge in [-0.15, -0.1) is 11.3 Å². The molecule has 2 fully saturated rings. The number of oxime groups is 1. The Morgan fingerprint density at radius 1 is 1.28 bits per heavy atom. The molecule has 0 aliphatic carbocycles. The zero-order chi connectivity index (χ0) is 33.6. The van der Waals surface area contributed by atoms with Crippen molar-refractivity contribution in [3.63, 3.8) is 0 Å². The van der Waals surface area contributed by atoms with E-state index in [1.54, 1.807) is 24.3 Å². The molecule has 47 heavy (non-hydrogen) atoms. The monoisotopic (exact) mass is 689 g/mol. The Kier molecular flexibility index (Phi) is 10.4. The average Bonchev–Trinajstić information content (AvgIpc) is 3.73. The third-order valence-corrected chi connectivity index (χ3v) is 8.77. The number of aliphatic imine (C=N–C) groups is 1. The smallest absolute Gasteiger partial charge is 0.362 e. The van der Waals surface area contributed by atoms with Crippen LogP contribution in [0.5, 0.6) is 5.75 Å².